The van der Waals surface area contributed by atoms with Crippen molar-refractivity contribution < 1.29 is 33.1 Å². The van der Waals surface area contributed by atoms with Gasteiger partial charge in [-0.1, -0.05) is 152 Å². The number of hydrogen-bond donors (Lipinski definition) is 3. The summed E-state index contributed by atoms with van der Waals surface area (Å²) in [7, 11) is 0. The lowest BCUT2D eigenvalue weighted by molar-refractivity contribution is -0.831. The fraction of sp³-hybridized carbons (Fsp3) is 0.205. The van der Waals surface area contributed by atoms with Crippen LogP contribution in [0.25, 0.3) is 0 Å². The van der Waals surface area contributed by atoms with Crippen molar-refractivity contribution >= 4 is 30.0 Å². The van der Waals surface area contributed by atoms with Crippen molar-refractivity contribution in [2.45, 2.75) is 51.0 Å². The Morgan fingerprint density at radius 2 is 1.07 bits per heavy atom. The molecule has 282 valence electrons. The monoisotopic (exact) mass is 740 g/mol. The van der Waals surface area contributed by atoms with Crippen LogP contribution in [0, 0.1) is 0 Å². The van der Waals surface area contributed by atoms with Gasteiger partial charge < -0.3 is 20.9 Å². The highest BCUT2D eigenvalue weighted by molar-refractivity contribution is 5.98. The van der Waals surface area contributed by atoms with E-state index in [1.54, 1.807) is 67.6 Å². The maximum atomic E-state index is 16.0. The standard InChI is InChI=1S/C44H45N5O6/c1-32(35-22-11-4-12-23-35)49(44(53)55-31-34-20-9-3-10-21-34,41(51)39(36-24-13-5-14-25-36)37-26-15-6-16-27-37)38(28-17-29-47-42(45)46)40(50)48-43(52)54-30-33-18-7-2-8-19-33/h2-16,18-27,32,38-39H,17,28-31H2,1H3,(H4-,45,46,47,48,50,52)/p+1/t32?,38-,49+/m1/s1. The summed E-state index contributed by atoms with van der Waals surface area (Å²) in [5, 5.41) is 2.35. The van der Waals surface area contributed by atoms with Crippen LogP contribution >= 0.6 is 0 Å². The van der Waals surface area contributed by atoms with Gasteiger partial charge in [0.05, 0.1) is 0 Å². The maximum Gasteiger partial charge on any atom is 0.525 e. The number of rotatable bonds is 15. The summed E-state index contributed by atoms with van der Waals surface area (Å²) in [6.45, 7) is 1.50. The molecule has 0 fully saturated rings. The molecule has 11 heteroatoms. The van der Waals surface area contributed by atoms with Gasteiger partial charge in [0.15, 0.2) is 12.0 Å². The predicted molar refractivity (Wildman–Crippen MR) is 210 cm³/mol. The largest absolute Gasteiger partial charge is 0.525 e. The van der Waals surface area contributed by atoms with E-state index in [2.05, 4.69) is 10.3 Å². The van der Waals surface area contributed by atoms with Gasteiger partial charge in [-0.25, -0.2) is 9.59 Å². The second-order valence-corrected chi connectivity index (χ2v) is 13.0. The molecule has 0 aliphatic rings. The van der Waals surface area contributed by atoms with Gasteiger partial charge in [-0.05, 0) is 35.6 Å². The first-order chi connectivity index (χ1) is 26.7. The average molecular weight is 741 g/mol. The van der Waals surface area contributed by atoms with Crippen LogP contribution in [0.2, 0.25) is 0 Å². The van der Waals surface area contributed by atoms with Crippen LogP contribution in [0.5, 0.6) is 0 Å². The Morgan fingerprint density at radius 1 is 0.636 bits per heavy atom. The van der Waals surface area contributed by atoms with Crippen molar-refractivity contribution in [1.82, 2.24) is 5.32 Å². The van der Waals surface area contributed by atoms with Crippen LogP contribution in [0.3, 0.4) is 0 Å². The number of imide groups is 2. The number of benzene rings is 5. The summed E-state index contributed by atoms with van der Waals surface area (Å²) >= 11 is 0. The number of amides is 4. The number of aliphatic imine (C=N–C) groups is 1. The van der Waals surface area contributed by atoms with Gasteiger partial charge in [-0.15, -0.1) is 4.48 Å². The third-order valence-electron chi connectivity index (χ3n) is 9.44. The molecule has 3 atom stereocenters. The van der Waals surface area contributed by atoms with Crippen molar-refractivity contribution in [2.75, 3.05) is 6.54 Å². The number of carbonyl (C=O) groups is 4. The number of alkyl carbamates (subject to hydrolysis) is 1. The fourth-order valence-electron chi connectivity index (χ4n) is 6.72. The highest BCUT2D eigenvalue weighted by Crippen LogP contribution is 2.41. The third-order valence-corrected chi connectivity index (χ3v) is 9.44. The number of ether oxygens (including phenoxy) is 2. The number of quaternary nitrogens is 1. The smallest absolute Gasteiger partial charge is 0.444 e. The van der Waals surface area contributed by atoms with Crippen LogP contribution in [0.1, 0.15) is 59.5 Å². The van der Waals surface area contributed by atoms with Gasteiger partial charge in [0.2, 0.25) is 0 Å². The van der Waals surface area contributed by atoms with Crippen LogP contribution in [0.4, 0.5) is 9.59 Å². The number of hydrogen-bond acceptors (Lipinski definition) is 7. The molecule has 5 rings (SSSR count). The minimum Gasteiger partial charge on any atom is -0.444 e. The number of carbonyl (C=O) groups excluding carboxylic acids is 4. The number of nitrogens with zero attached hydrogens (tertiary/aromatic N) is 2. The summed E-state index contributed by atoms with van der Waals surface area (Å²) in [5.74, 6) is -2.74. The van der Waals surface area contributed by atoms with Crippen LogP contribution in [-0.2, 0) is 32.3 Å². The molecule has 0 bridgehead atoms. The van der Waals surface area contributed by atoms with Gasteiger partial charge in [-0.3, -0.25) is 15.1 Å². The molecule has 55 heavy (non-hydrogen) atoms. The van der Waals surface area contributed by atoms with Crippen molar-refractivity contribution in [1.29, 1.82) is 0 Å². The fourth-order valence-corrected chi connectivity index (χ4v) is 6.72. The van der Waals surface area contributed by atoms with Gasteiger partial charge in [0.1, 0.15) is 25.2 Å². The van der Waals surface area contributed by atoms with E-state index in [-0.39, 0.29) is 38.6 Å². The molecule has 0 aliphatic carbocycles. The molecule has 0 saturated carbocycles. The lowest BCUT2D eigenvalue weighted by Crippen LogP contribution is -2.69. The summed E-state index contributed by atoms with van der Waals surface area (Å²) in [6, 6.07) is 42.6. The maximum absolute atomic E-state index is 16.0. The number of guanidine groups is 1. The van der Waals surface area contributed by atoms with Gasteiger partial charge >= 0.3 is 18.1 Å². The number of nitrogens with one attached hydrogen (secondary N) is 1. The van der Waals surface area contributed by atoms with E-state index < -0.39 is 46.5 Å². The zero-order valence-electron chi connectivity index (χ0n) is 30.7. The molecule has 4 amide bonds. The van der Waals surface area contributed by atoms with E-state index in [0.717, 1.165) is 0 Å². The molecule has 5 N–H and O–H groups in total. The minimum absolute atomic E-state index is 0.0817. The average Bonchev–Trinajstić information content (AvgIpc) is 3.22. The summed E-state index contributed by atoms with van der Waals surface area (Å²) in [5.41, 5.74) is 14.4. The quantitative estimate of drug-likeness (QED) is 0.0442. The van der Waals surface area contributed by atoms with Gasteiger partial charge in [0, 0.05) is 18.5 Å². The first-order valence-electron chi connectivity index (χ1n) is 18.1. The van der Waals surface area contributed by atoms with Gasteiger partial charge in [0.25, 0.3) is 5.91 Å². The molecule has 0 aliphatic heterocycles. The topological polar surface area (TPSA) is 163 Å². The molecule has 0 heterocycles. The molecule has 5 aromatic rings. The Hall–Kier alpha value is -6.59. The molecular formula is C44H46N5O6+. The first kappa shape index (κ1) is 39.6. The molecule has 0 radical (unpaired) electrons. The predicted octanol–water partition coefficient (Wildman–Crippen LogP) is 7.14. The van der Waals surface area contributed by atoms with Crippen molar-refractivity contribution in [3.8, 4) is 0 Å². The first-order valence-corrected chi connectivity index (χ1v) is 18.1. The lowest BCUT2D eigenvalue weighted by Gasteiger charge is -2.43. The van der Waals surface area contributed by atoms with E-state index in [0.29, 0.717) is 27.8 Å². The highest BCUT2D eigenvalue weighted by Gasteiger charge is 2.61. The minimum atomic E-state index is -1.53. The molecule has 0 aromatic heterocycles. The molecule has 1 unspecified atom stereocenters. The Bertz CT molecular complexity index is 1990. The van der Waals surface area contributed by atoms with E-state index in [4.69, 9.17) is 20.9 Å². The summed E-state index contributed by atoms with van der Waals surface area (Å²) in [6.07, 6.45) is -1.95. The molecule has 5 aromatic carbocycles. The molecule has 0 saturated heterocycles. The lowest BCUT2D eigenvalue weighted by atomic mass is 9.86. The zero-order valence-corrected chi connectivity index (χ0v) is 30.7. The summed E-state index contributed by atoms with van der Waals surface area (Å²) < 4.78 is 10.4. The second kappa shape index (κ2) is 19.5. The van der Waals surface area contributed by atoms with Crippen molar-refractivity contribution in [3.63, 3.8) is 0 Å². The van der Waals surface area contributed by atoms with E-state index in [9.17, 15) is 9.59 Å². The Balaban J connectivity index is 1.71. The van der Waals surface area contributed by atoms with Crippen LogP contribution < -0.4 is 16.8 Å². The Morgan fingerprint density at radius 3 is 1.55 bits per heavy atom. The SMILES string of the molecule is CC(c1ccccc1)[N@@+](C(=O)OCc1ccccc1)(C(=O)C(c1ccccc1)c1ccccc1)[C@H](CCCN=C(N)N)C(=O)NC(=O)OCc1ccccc1. The van der Waals surface area contributed by atoms with Crippen LogP contribution in [-0.4, -0.2) is 47.0 Å². The van der Waals surface area contributed by atoms with Gasteiger partial charge in [-0.2, -0.15) is 4.79 Å². The Kier molecular flexibility index (Phi) is 14.0. The third kappa shape index (κ3) is 10.1. The number of nitrogens with two attached hydrogens (primary N) is 2. The van der Waals surface area contributed by atoms with Crippen molar-refractivity contribution in [3.05, 3.63) is 179 Å². The second-order valence-electron chi connectivity index (χ2n) is 13.0. The highest BCUT2D eigenvalue weighted by atomic mass is 16.6. The zero-order chi connectivity index (χ0) is 39.0. The normalized spacial score (nSPS) is 13.1. The van der Waals surface area contributed by atoms with Crippen molar-refractivity contribution in [2.24, 2.45) is 16.5 Å². The van der Waals surface area contributed by atoms with Crippen LogP contribution in [0.15, 0.2) is 157 Å². The summed E-state index contributed by atoms with van der Waals surface area (Å²) in [4.78, 5) is 63.5. The molecule has 11 nitrogen and oxygen atoms in total. The van der Waals surface area contributed by atoms with E-state index >= 15 is 9.59 Å². The van der Waals surface area contributed by atoms with E-state index in [1.165, 1.54) is 0 Å². The molecule has 0 spiro atoms. The Labute approximate surface area is 321 Å². The van der Waals surface area contributed by atoms with E-state index in [1.807, 2.05) is 91.0 Å². The molecular weight excluding hydrogens is 695 g/mol.